The van der Waals surface area contributed by atoms with Gasteiger partial charge in [0.15, 0.2) is 11.5 Å². The van der Waals surface area contributed by atoms with Crippen molar-refractivity contribution in [1.29, 1.82) is 0 Å². The van der Waals surface area contributed by atoms with Crippen LogP contribution in [0.3, 0.4) is 0 Å². The summed E-state index contributed by atoms with van der Waals surface area (Å²) in [6.45, 7) is 0. The normalized spacial score (nSPS) is 11.5. The molecule has 2 amide bonds. The van der Waals surface area contributed by atoms with Crippen LogP contribution in [0.4, 0.5) is 23.2 Å². The summed E-state index contributed by atoms with van der Waals surface area (Å²) in [6, 6.07) is 10.9. The van der Waals surface area contributed by atoms with Gasteiger partial charge in [-0.15, -0.1) is 51.1 Å². The molecule has 4 rings (SSSR count). The lowest BCUT2D eigenvalue weighted by atomic mass is 10.0. The van der Waals surface area contributed by atoms with Crippen molar-refractivity contribution in [3.8, 4) is 34.1 Å². The molecular weight excluding hydrogens is 621 g/mol. The third-order valence-electron chi connectivity index (χ3n) is 5.18. The number of nitrogens with zero attached hydrogens (tertiary/aromatic N) is 2. The van der Waals surface area contributed by atoms with Crippen LogP contribution in [0.15, 0.2) is 73.2 Å². The van der Waals surface area contributed by atoms with Gasteiger partial charge in [-0.1, -0.05) is 0 Å². The van der Waals surface area contributed by atoms with Gasteiger partial charge < -0.3 is 25.3 Å². The first kappa shape index (κ1) is 30.8. The number of pyridine rings is 2. The Labute approximate surface area is 251 Å². The number of halogens is 4. The first-order valence-corrected chi connectivity index (χ1v) is 12.8. The van der Waals surface area contributed by atoms with Crippen LogP contribution in [-0.4, -0.2) is 31.7 Å². The Balaban J connectivity index is 1.81. The molecule has 0 spiro atoms. The second kappa shape index (κ2) is 12.4. The Morgan fingerprint density at radius 1 is 0.833 bits per heavy atom. The van der Waals surface area contributed by atoms with E-state index in [0.717, 1.165) is 24.3 Å². The summed E-state index contributed by atoms with van der Waals surface area (Å²) in [5, 5.41) is 2.44. The predicted octanol–water partition coefficient (Wildman–Crippen LogP) is 6.10. The van der Waals surface area contributed by atoms with E-state index in [-0.39, 0.29) is 28.4 Å². The summed E-state index contributed by atoms with van der Waals surface area (Å²) in [5.41, 5.74) is 5.32. The second-order valence-corrected chi connectivity index (χ2v) is 11.2. The van der Waals surface area contributed by atoms with Crippen LogP contribution in [0.1, 0.15) is 20.8 Å². The molecule has 2 heterocycles. The fraction of sp³-hybridized carbons (Fsp3) is 0.0769. The van der Waals surface area contributed by atoms with Crippen molar-refractivity contribution in [2.45, 2.75) is 9.96 Å². The topological polar surface area (TPSA) is 126 Å². The maximum absolute atomic E-state index is 15.6. The molecule has 0 aliphatic carbocycles. The van der Waals surface area contributed by atoms with Crippen LogP contribution in [0.2, 0.25) is 0 Å². The summed E-state index contributed by atoms with van der Waals surface area (Å²) in [7, 11) is 0. The van der Waals surface area contributed by atoms with E-state index in [4.69, 9.17) is 15.2 Å². The highest BCUT2D eigenvalue weighted by atomic mass is 32.2. The maximum Gasteiger partial charge on any atom is 0.573 e. The Kier molecular flexibility index (Phi) is 9.08. The first-order chi connectivity index (χ1) is 19.7. The molecule has 0 saturated carbocycles. The minimum atomic E-state index is -5.02. The predicted molar refractivity (Wildman–Crippen MR) is 154 cm³/mol. The highest BCUT2D eigenvalue weighted by molar-refractivity contribution is 8.16. The van der Waals surface area contributed by atoms with E-state index >= 15 is 4.39 Å². The van der Waals surface area contributed by atoms with Gasteiger partial charge in [-0.2, -0.15) is 0 Å². The Hall–Kier alpha value is -4.15. The van der Waals surface area contributed by atoms with E-state index in [0.29, 0.717) is 5.56 Å². The summed E-state index contributed by atoms with van der Waals surface area (Å²) in [6.07, 6.45) is -0.882. The van der Waals surface area contributed by atoms with Crippen molar-refractivity contribution in [3.63, 3.8) is 0 Å². The molecule has 2 aromatic carbocycles. The van der Waals surface area contributed by atoms with Gasteiger partial charge in [0.1, 0.15) is 28.6 Å². The molecule has 16 heteroatoms. The van der Waals surface area contributed by atoms with Crippen LogP contribution in [-0.2, 0) is 0 Å². The molecule has 0 bridgehead atoms. The number of aromatic nitrogens is 2. The number of anilines is 1. The van der Waals surface area contributed by atoms with Gasteiger partial charge in [0, 0.05) is 30.3 Å². The third kappa shape index (κ3) is 8.20. The number of amides is 2. The van der Waals surface area contributed by atoms with Gasteiger partial charge in [0.25, 0.3) is 11.8 Å². The Morgan fingerprint density at radius 2 is 1.55 bits per heavy atom. The molecule has 0 aliphatic heterocycles. The number of nitrogens with one attached hydrogen (secondary N) is 1. The van der Waals surface area contributed by atoms with E-state index in [1.54, 1.807) is 12.1 Å². The quantitative estimate of drug-likeness (QED) is 0.0852. The lowest BCUT2D eigenvalue weighted by Crippen LogP contribution is -2.18. The lowest BCUT2D eigenvalue weighted by molar-refractivity contribution is -0.274. The number of ether oxygens (including phenoxy) is 3. The average molecular weight is 639 g/mol. The van der Waals surface area contributed by atoms with Crippen LogP contribution < -0.4 is 25.3 Å². The molecule has 0 saturated heterocycles. The molecule has 218 valence electrons. The number of hydrogen-bond donors (Lipinski definition) is 5. The zero-order valence-corrected chi connectivity index (χ0v) is 23.5. The SMILES string of the molecule is NC(=O)c1cc(NC(=O)c2c(F)cc(-c3ccncc3)cc2Oc2ccc(OC(F)(F)F)cc2OC(S)(S)S)ccn1. The van der Waals surface area contributed by atoms with Gasteiger partial charge in [-0.3, -0.25) is 19.6 Å². The summed E-state index contributed by atoms with van der Waals surface area (Å²) in [5.74, 6) is -4.58. The van der Waals surface area contributed by atoms with Gasteiger partial charge in [0.05, 0.1) is 0 Å². The molecule has 0 atom stereocenters. The maximum atomic E-state index is 15.6. The summed E-state index contributed by atoms with van der Waals surface area (Å²) < 4.78 is 67.5. The number of hydrogen-bond acceptors (Lipinski definition) is 10. The van der Waals surface area contributed by atoms with Crippen molar-refractivity contribution >= 4 is 55.4 Å². The Morgan fingerprint density at radius 3 is 2.19 bits per heavy atom. The fourth-order valence-corrected chi connectivity index (χ4v) is 3.84. The minimum Gasteiger partial charge on any atom is -0.455 e. The summed E-state index contributed by atoms with van der Waals surface area (Å²) >= 11 is 12.0. The molecule has 9 nitrogen and oxygen atoms in total. The minimum absolute atomic E-state index is 0.0649. The zero-order valence-electron chi connectivity index (χ0n) is 20.8. The average Bonchev–Trinajstić information content (AvgIpc) is 2.88. The molecule has 0 unspecified atom stereocenters. The third-order valence-corrected chi connectivity index (χ3v) is 5.45. The highest BCUT2D eigenvalue weighted by Gasteiger charge is 2.32. The number of carbonyl (C=O) groups is 2. The molecule has 42 heavy (non-hydrogen) atoms. The number of nitrogens with two attached hydrogens (primary N) is 1. The number of benzene rings is 2. The van der Waals surface area contributed by atoms with Gasteiger partial charge in [-0.05, 0) is 59.7 Å². The highest BCUT2D eigenvalue weighted by Crippen LogP contribution is 2.42. The van der Waals surface area contributed by atoms with Crippen molar-refractivity contribution in [2.75, 3.05) is 5.32 Å². The molecule has 4 aromatic rings. The largest absolute Gasteiger partial charge is 0.573 e. The van der Waals surface area contributed by atoms with Crippen molar-refractivity contribution < 1.29 is 41.4 Å². The van der Waals surface area contributed by atoms with Gasteiger partial charge in [-0.25, -0.2) is 4.39 Å². The monoisotopic (exact) mass is 638 g/mol. The van der Waals surface area contributed by atoms with Gasteiger partial charge >= 0.3 is 6.36 Å². The van der Waals surface area contributed by atoms with Crippen LogP contribution in [0.5, 0.6) is 23.0 Å². The van der Waals surface area contributed by atoms with E-state index in [1.807, 2.05) is 0 Å². The van der Waals surface area contributed by atoms with Crippen molar-refractivity contribution in [1.82, 2.24) is 9.97 Å². The van der Waals surface area contributed by atoms with Crippen LogP contribution >= 0.6 is 37.9 Å². The molecule has 0 radical (unpaired) electrons. The molecular formula is C26H18F4N4O5S3. The smallest absolute Gasteiger partial charge is 0.455 e. The second-order valence-electron chi connectivity index (χ2n) is 8.25. The standard InChI is InChI=1S/C26H18F4N4O5S3/c27-17-9-14(13-3-6-32-7-4-13)10-21(22(17)24(36)34-15-5-8-33-18(11-15)23(31)35)37-19-2-1-16(38-25(28,29)30)12-20(19)39-26(40,41)42/h1-12,40-42H,(H2,31,35)(H,33,34,36). The number of carbonyl (C=O) groups excluding carboxylic acids is 2. The number of thiol groups is 3. The van der Waals surface area contributed by atoms with E-state index in [2.05, 4.69) is 57.9 Å². The summed E-state index contributed by atoms with van der Waals surface area (Å²) in [4.78, 5) is 32.5. The van der Waals surface area contributed by atoms with E-state index < -0.39 is 44.7 Å². The van der Waals surface area contributed by atoms with Crippen LogP contribution in [0, 0.1) is 5.82 Å². The van der Waals surface area contributed by atoms with E-state index in [9.17, 15) is 22.8 Å². The fourth-order valence-electron chi connectivity index (χ4n) is 3.55. The van der Waals surface area contributed by atoms with Crippen molar-refractivity contribution in [3.05, 3.63) is 90.3 Å². The van der Waals surface area contributed by atoms with Crippen LogP contribution in [0.25, 0.3) is 11.1 Å². The number of rotatable bonds is 9. The van der Waals surface area contributed by atoms with Crippen molar-refractivity contribution in [2.24, 2.45) is 5.73 Å². The van der Waals surface area contributed by atoms with E-state index in [1.165, 1.54) is 36.8 Å². The number of alkyl halides is 3. The molecule has 0 aliphatic rings. The zero-order chi connectivity index (χ0) is 30.7. The molecule has 3 N–H and O–H groups in total. The lowest BCUT2D eigenvalue weighted by Gasteiger charge is -2.22. The first-order valence-electron chi connectivity index (χ1n) is 11.4. The van der Waals surface area contributed by atoms with Gasteiger partial charge in [0.2, 0.25) is 3.60 Å². The number of primary amides is 1. The molecule has 0 fully saturated rings. The molecule has 2 aromatic heterocycles. The Bertz CT molecular complexity index is 1640.